The highest BCUT2D eigenvalue weighted by molar-refractivity contribution is 5.86. The lowest BCUT2D eigenvalue weighted by Crippen LogP contribution is -2.40. The van der Waals surface area contributed by atoms with Gasteiger partial charge in [0.1, 0.15) is 5.82 Å². The summed E-state index contributed by atoms with van der Waals surface area (Å²) in [5.41, 5.74) is 1.39. The molecule has 2 amide bonds. The van der Waals surface area contributed by atoms with Gasteiger partial charge in [-0.15, -0.1) is 0 Å². The summed E-state index contributed by atoms with van der Waals surface area (Å²) in [7, 11) is 0. The number of hydrogen-bond acceptors (Lipinski definition) is 3. The van der Waals surface area contributed by atoms with Gasteiger partial charge in [0.25, 0.3) is 0 Å². The topological polar surface area (TPSA) is 86.7 Å². The Bertz CT molecular complexity index is 872. The van der Waals surface area contributed by atoms with E-state index in [9.17, 15) is 23.9 Å². The van der Waals surface area contributed by atoms with Gasteiger partial charge in [-0.25, -0.2) is 4.39 Å². The summed E-state index contributed by atoms with van der Waals surface area (Å²) in [6.45, 7) is 0.176. The van der Waals surface area contributed by atoms with E-state index in [-0.39, 0.29) is 31.3 Å². The first-order valence-electron chi connectivity index (χ1n) is 9.00. The Morgan fingerprint density at radius 3 is 2.50 bits per heavy atom. The van der Waals surface area contributed by atoms with Crippen molar-refractivity contribution in [3.63, 3.8) is 0 Å². The fourth-order valence-electron chi connectivity index (χ4n) is 3.48. The quantitative estimate of drug-likeness (QED) is 0.795. The Labute approximate surface area is 162 Å². The third-order valence-electron chi connectivity index (χ3n) is 4.91. The highest BCUT2D eigenvalue weighted by Crippen LogP contribution is 2.32. The maximum atomic E-state index is 13.2. The van der Waals surface area contributed by atoms with Gasteiger partial charge in [-0.2, -0.15) is 0 Å². The Hall–Kier alpha value is -3.22. The smallest absolute Gasteiger partial charge is 0.308 e. The van der Waals surface area contributed by atoms with E-state index in [0.29, 0.717) is 12.1 Å². The molecule has 146 valence electrons. The summed E-state index contributed by atoms with van der Waals surface area (Å²) in [5, 5.41) is 12.0. The molecule has 1 aliphatic heterocycles. The summed E-state index contributed by atoms with van der Waals surface area (Å²) >= 11 is 0. The number of carbonyl (C=O) groups is 3. The predicted molar refractivity (Wildman–Crippen MR) is 100 cm³/mol. The number of hydrogen-bond donors (Lipinski definition) is 2. The second kappa shape index (κ2) is 8.65. The first-order chi connectivity index (χ1) is 13.4. The number of aliphatic carboxylic acids is 1. The summed E-state index contributed by atoms with van der Waals surface area (Å²) < 4.78 is 13.2. The SMILES string of the molecule is O=C(Cc1cccc(F)c1)NCC(=O)N1CC(C(=O)O)C(c2ccccc2)C1. The van der Waals surface area contributed by atoms with Gasteiger partial charge in [0.15, 0.2) is 0 Å². The van der Waals surface area contributed by atoms with Gasteiger partial charge in [-0.1, -0.05) is 42.5 Å². The van der Waals surface area contributed by atoms with E-state index >= 15 is 0 Å². The number of nitrogens with zero attached hydrogens (tertiary/aromatic N) is 1. The number of rotatable bonds is 6. The van der Waals surface area contributed by atoms with Crippen molar-refractivity contribution in [2.45, 2.75) is 12.3 Å². The minimum absolute atomic E-state index is 0.0323. The minimum atomic E-state index is -0.945. The number of nitrogens with one attached hydrogen (secondary N) is 1. The summed E-state index contributed by atoms with van der Waals surface area (Å²) in [4.78, 5) is 37.5. The fourth-order valence-corrected chi connectivity index (χ4v) is 3.48. The third kappa shape index (κ3) is 4.73. The maximum absolute atomic E-state index is 13.2. The van der Waals surface area contributed by atoms with Gasteiger partial charge < -0.3 is 15.3 Å². The third-order valence-corrected chi connectivity index (χ3v) is 4.91. The van der Waals surface area contributed by atoms with Gasteiger partial charge in [-0.3, -0.25) is 14.4 Å². The zero-order valence-electron chi connectivity index (χ0n) is 15.2. The number of likely N-dealkylation sites (tertiary alicyclic amines) is 1. The van der Waals surface area contributed by atoms with Crippen molar-refractivity contribution in [2.75, 3.05) is 19.6 Å². The molecule has 0 bridgehead atoms. The zero-order valence-corrected chi connectivity index (χ0v) is 15.2. The molecule has 1 aliphatic rings. The van der Waals surface area contributed by atoms with E-state index in [1.807, 2.05) is 30.3 Å². The predicted octanol–water partition coefficient (Wildman–Crippen LogP) is 1.81. The highest BCUT2D eigenvalue weighted by Gasteiger charge is 2.40. The lowest BCUT2D eigenvalue weighted by molar-refractivity contribution is -0.142. The molecular formula is C21H21FN2O4. The normalized spacial score (nSPS) is 18.7. The second-order valence-corrected chi connectivity index (χ2v) is 6.84. The molecule has 2 aromatic carbocycles. The molecule has 0 aliphatic carbocycles. The molecule has 0 saturated carbocycles. The lowest BCUT2D eigenvalue weighted by atomic mass is 9.89. The average Bonchev–Trinajstić information content (AvgIpc) is 3.13. The van der Waals surface area contributed by atoms with Crippen LogP contribution in [0, 0.1) is 11.7 Å². The lowest BCUT2D eigenvalue weighted by Gasteiger charge is -2.17. The molecule has 0 aromatic heterocycles. The zero-order chi connectivity index (χ0) is 20.1. The van der Waals surface area contributed by atoms with E-state index in [4.69, 9.17) is 0 Å². The van der Waals surface area contributed by atoms with Crippen LogP contribution in [0.5, 0.6) is 0 Å². The largest absolute Gasteiger partial charge is 0.481 e. The molecule has 1 heterocycles. The van der Waals surface area contributed by atoms with Gasteiger partial charge in [0.2, 0.25) is 11.8 Å². The first kappa shape index (κ1) is 19.5. The van der Waals surface area contributed by atoms with E-state index < -0.39 is 23.6 Å². The van der Waals surface area contributed by atoms with Crippen molar-refractivity contribution in [1.29, 1.82) is 0 Å². The number of benzene rings is 2. The summed E-state index contributed by atoms with van der Waals surface area (Å²) in [6, 6.07) is 15.0. The minimum Gasteiger partial charge on any atom is -0.481 e. The summed E-state index contributed by atoms with van der Waals surface area (Å²) in [5.74, 6) is -3.07. The second-order valence-electron chi connectivity index (χ2n) is 6.84. The van der Waals surface area contributed by atoms with Gasteiger partial charge in [0.05, 0.1) is 18.9 Å². The number of carboxylic acids is 1. The van der Waals surface area contributed by atoms with E-state index in [0.717, 1.165) is 5.56 Å². The number of carbonyl (C=O) groups excluding carboxylic acids is 2. The first-order valence-corrected chi connectivity index (χ1v) is 9.00. The molecule has 2 aromatic rings. The summed E-state index contributed by atoms with van der Waals surface area (Å²) in [6.07, 6.45) is -0.0323. The van der Waals surface area contributed by atoms with Crippen LogP contribution in [0.3, 0.4) is 0 Å². The van der Waals surface area contributed by atoms with Crippen molar-refractivity contribution >= 4 is 17.8 Å². The Morgan fingerprint density at radius 2 is 1.82 bits per heavy atom. The molecule has 3 rings (SSSR count). The molecule has 0 radical (unpaired) electrons. The number of carboxylic acid groups (broad SMARTS) is 1. The molecule has 6 nitrogen and oxygen atoms in total. The molecule has 2 N–H and O–H groups in total. The number of amides is 2. The molecule has 2 atom stereocenters. The number of halogens is 1. The molecular weight excluding hydrogens is 363 g/mol. The van der Waals surface area contributed by atoms with Crippen molar-refractivity contribution in [3.8, 4) is 0 Å². The van der Waals surface area contributed by atoms with E-state index in [2.05, 4.69) is 5.32 Å². The maximum Gasteiger partial charge on any atom is 0.308 e. The monoisotopic (exact) mass is 384 g/mol. The van der Waals surface area contributed by atoms with Crippen LogP contribution < -0.4 is 5.32 Å². The highest BCUT2D eigenvalue weighted by atomic mass is 19.1. The van der Waals surface area contributed by atoms with Crippen molar-refractivity contribution in [2.24, 2.45) is 5.92 Å². The molecule has 1 saturated heterocycles. The van der Waals surface area contributed by atoms with Crippen LogP contribution in [0.15, 0.2) is 54.6 Å². The van der Waals surface area contributed by atoms with Crippen LogP contribution in [0.1, 0.15) is 17.0 Å². The van der Waals surface area contributed by atoms with Crippen molar-refractivity contribution < 1.29 is 23.9 Å². The molecule has 7 heteroatoms. The van der Waals surface area contributed by atoms with Crippen LogP contribution in [-0.4, -0.2) is 47.4 Å². The molecule has 2 unspecified atom stereocenters. The van der Waals surface area contributed by atoms with Gasteiger partial charge >= 0.3 is 5.97 Å². The Kier molecular flexibility index (Phi) is 6.03. The Morgan fingerprint density at radius 1 is 1.07 bits per heavy atom. The van der Waals surface area contributed by atoms with Crippen LogP contribution in [0.4, 0.5) is 4.39 Å². The standard InChI is InChI=1S/C21H21FN2O4/c22-16-8-4-5-14(9-16)10-19(25)23-11-20(26)24-12-17(18(13-24)21(27)28)15-6-2-1-3-7-15/h1-9,17-18H,10-13H2,(H,23,25)(H,27,28). The molecule has 28 heavy (non-hydrogen) atoms. The van der Waals surface area contributed by atoms with Crippen molar-refractivity contribution in [1.82, 2.24) is 10.2 Å². The fraction of sp³-hybridized carbons (Fsp3) is 0.286. The van der Waals surface area contributed by atoms with E-state index in [1.165, 1.54) is 23.1 Å². The van der Waals surface area contributed by atoms with Crippen molar-refractivity contribution in [3.05, 3.63) is 71.5 Å². The van der Waals surface area contributed by atoms with Crippen LogP contribution in [0.2, 0.25) is 0 Å². The van der Waals surface area contributed by atoms with Crippen LogP contribution in [0.25, 0.3) is 0 Å². The van der Waals surface area contributed by atoms with Gasteiger partial charge in [-0.05, 0) is 23.3 Å². The van der Waals surface area contributed by atoms with Gasteiger partial charge in [0, 0.05) is 19.0 Å². The van der Waals surface area contributed by atoms with E-state index in [1.54, 1.807) is 6.07 Å². The van der Waals surface area contributed by atoms with Crippen LogP contribution in [-0.2, 0) is 20.8 Å². The Balaban J connectivity index is 1.57. The molecule has 0 spiro atoms. The average molecular weight is 384 g/mol. The molecule has 1 fully saturated rings. The van der Waals surface area contributed by atoms with Crippen LogP contribution >= 0.6 is 0 Å².